The zero-order valence-corrected chi connectivity index (χ0v) is 11.1. The predicted molar refractivity (Wildman–Crippen MR) is 74.3 cm³/mol. The Morgan fingerprint density at radius 3 is 2.58 bits per heavy atom. The highest BCUT2D eigenvalue weighted by Crippen LogP contribution is 2.30. The molecule has 2 aliphatic rings. The summed E-state index contributed by atoms with van der Waals surface area (Å²) in [6.07, 6.45) is 4.45. The Hall–Kier alpha value is -1.75. The zero-order valence-electron chi connectivity index (χ0n) is 11.1. The monoisotopic (exact) mass is 260 g/mol. The Morgan fingerprint density at radius 1 is 1.11 bits per heavy atom. The number of anilines is 1. The number of hydrazine groups is 2. The molecule has 1 fully saturated rings. The highest BCUT2D eigenvalue weighted by atomic mass is 16.2. The molecule has 1 aromatic carbocycles. The van der Waals surface area contributed by atoms with Gasteiger partial charge < -0.3 is 5.73 Å². The molecule has 2 aliphatic heterocycles. The number of hydrogen-bond acceptors (Lipinski definition) is 3. The number of piperidine rings is 1. The molecule has 0 unspecified atom stereocenters. The third kappa shape index (κ3) is 2.26. The largest absolute Gasteiger partial charge is 0.349 e. The van der Waals surface area contributed by atoms with Gasteiger partial charge in [-0.1, -0.05) is 24.6 Å². The third-order valence-electron chi connectivity index (χ3n) is 3.89. The Balaban J connectivity index is 1.87. The van der Waals surface area contributed by atoms with E-state index in [4.69, 9.17) is 5.73 Å². The summed E-state index contributed by atoms with van der Waals surface area (Å²) < 4.78 is 0. The van der Waals surface area contributed by atoms with Crippen LogP contribution in [0.5, 0.6) is 0 Å². The number of carbonyl (C=O) groups is 1. The number of carbonyl (C=O) groups excluding carboxylic acids is 1. The number of amides is 2. The molecule has 1 saturated heterocycles. The van der Waals surface area contributed by atoms with Crippen molar-refractivity contribution in [2.75, 3.05) is 24.6 Å². The maximum absolute atomic E-state index is 11.9. The fourth-order valence-corrected chi connectivity index (χ4v) is 3.00. The molecular weight excluding hydrogens is 240 g/mol. The van der Waals surface area contributed by atoms with Gasteiger partial charge >= 0.3 is 6.03 Å². The number of urea groups is 1. The first-order valence-electron chi connectivity index (χ1n) is 6.97. The van der Waals surface area contributed by atoms with Crippen LogP contribution >= 0.6 is 0 Å². The number of benzene rings is 1. The van der Waals surface area contributed by atoms with Crippen LogP contribution in [-0.2, 0) is 6.42 Å². The van der Waals surface area contributed by atoms with Crippen molar-refractivity contribution >= 4 is 11.7 Å². The average Bonchev–Trinajstić information content (AvgIpc) is 2.84. The highest BCUT2D eigenvalue weighted by Gasteiger charge is 2.31. The summed E-state index contributed by atoms with van der Waals surface area (Å²) in [7, 11) is 0. The summed E-state index contributed by atoms with van der Waals surface area (Å²) in [5, 5.41) is 5.74. The van der Waals surface area contributed by atoms with Gasteiger partial charge in [0.15, 0.2) is 0 Å². The van der Waals surface area contributed by atoms with Gasteiger partial charge in [-0.2, -0.15) is 10.1 Å². The molecule has 0 atom stereocenters. The molecule has 5 heteroatoms. The van der Waals surface area contributed by atoms with E-state index >= 15 is 0 Å². The lowest BCUT2D eigenvalue weighted by atomic mass is 10.2. The van der Waals surface area contributed by atoms with E-state index in [1.54, 1.807) is 5.12 Å². The number of rotatable bonds is 2. The Morgan fingerprint density at radius 2 is 1.84 bits per heavy atom. The van der Waals surface area contributed by atoms with Crippen LogP contribution in [-0.4, -0.2) is 35.8 Å². The maximum Gasteiger partial charge on any atom is 0.349 e. The molecule has 5 nitrogen and oxygen atoms in total. The van der Waals surface area contributed by atoms with Crippen LogP contribution in [0.15, 0.2) is 24.3 Å². The number of primary amides is 1. The van der Waals surface area contributed by atoms with E-state index in [1.807, 2.05) is 17.1 Å². The summed E-state index contributed by atoms with van der Waals surface area (Å²) in [4.78, 5) is 11.9. The first-order chi connectivity index (χ1) is 9.27. The fraction of sp³-hybridized carbons (Fsp3) is 0.500. The molecule has 0 aliphatic carbocycles. The van der Waals surface area contributed by atoms with Crippen molar-refractivity contribution in [2.45, 2.75) is 25.7 Å². The maximum atomic E-state index is 11.9. The van der Waals surface area contributed by atoms with Crippen LogP contribution in [0.3, 0.4) is 0 Å². The van der Waals surface area contributed by atoms with Crippen molar-refractivity contribution in [1.82, 2.24) is 10.1 Å². The van der Waals surface area contributed by atoms with Gasteiger partial charge in [-0.15, -0.1) is 0 Å². The van der Waals surface area contributed by atoms with Gasteiger partial charge in [-0.25, -0.2) is 4.79 Å². The standard InChI is InChI=1S/C14H20N4O/c15-14(19)18(16-9-4-1-5-10-16)17-11-8-12-6-2-3-7-13(12)17/h2-3,6-7H,1,4-5,8-11H2,(H2,15,19). The molecule has 0 aromatic heterocycles. The minimum atomic E-state index is -0.390. The van der Waals surface area contributed by atoms with E-state index in [-0.39, 0.29) is 0 Å². The van der Waals surface area contributed by atoms with E-state index in [1.165, 1.54) is 12.0 Å². The normalized spacial score (nSPS) is 19.3. The lowest BCUT2D eigenvalue weighted by Crippen LogP contribution is -2.59. The number of fused-ring (bicyclic) bond motifs is 1. The average molecular weight is 260 g/mol. The van der Waals surface area contributed by atoms with Crippen LogP contribution in [0.4, 0.5) is 10.5 Å². The van der Waals surface area contributed by atoms with Crippen molar-refractivity contribution in [3.8, 4) is 0 Å². The SMILES string of the molecule is NC(=O)N(N1CCCCC1)N1CCc2ccccc21. The van der Waals surface area contributed by atoms with Gasteiger partial charge in [-0.3, -0.25) is 5.01 Å². The summed E-state index contributed by atoms with van der Waals surface area (Å²) in [6, 6.07) is 7.83. The lowest BCUT2D eigenvalue weighted by Gasteiger charge is -2.41. The molecule has 3 rings (SSSR count). The predicted octanol–water partition coefficient (Wildman–Crippen LogP) is 1.75. The van der Waals surface area contributed by atoms with Gasteiger partial charge in [0.2, 0.25) is 0 Å². The zero-order chi connectivity index (χ0) is 13.2. The minimum Gasteiger partial charge on any atom is -0.349 e. The topological polar surface area (TPSA) is 52.8 Å². The quantitative estimate of drug-likeness (QED) is 0.881. The fourth-order valence-electron chi connectivity index (χ4n) is 3.00. The summed E-state index contributed by atoms with van der Waals surface area (Å²) >= 11 is 0. The van der Waals surface area contributed by atoms with E-state index < -0.39 is 6.03 Å². The Kier molecular flexibility index (Phi) is 3.29. The molecule has 2 heterocycles. The minimum absolute atomic E-state index is 0.390. The molecule has 0 bridgehead atoms. The molecule has 102 valence electrons. The van der Waals surface area contributed by atoms with Crippen molar-refractivity contribution < 1.29 is 4.79 Å². The van der Waals surface area contributed by atoms with Crippen molar-refractivity contribution in [1.29, 1.82) is 0 Å². The first-order valence-corrected chi connectivity index (χ1v) is 6.97. The van der Waals surface area contributed by atoms with Crippen molar-refractivity contribution in [2.24, 2.45) is 5.73 Å². The van der Waals surface area contributed by atoms with E-state index in [9.17, 15) is 4.79 Å². The van der Waals surface area contributed by atoms with E-state index in [0.29, 0.717) is 0 Å². The van der Waals surface area contributed by atoms with Crippen LogP contribution in [0.2, 0.25) is 0 Å². The molecule has 0 saturated carbocycles. The molecule has 0 spiro atoms. The Labute approximate surface area is 113 Å². The van der Waals surface area contributed by atoms with Gasteiger partial charge in [0.05, 0.1) is 5.69 Å². The molecule has 1 aromatic rings. The Bertz CT molecular complexity index is 470. The van der Waals surface area contributed by atoms with Crippen LogP contribution < -0.4 is 10.7 Å². The van der Waals surface area contributed by atoms with Crippen LogP contribution in [0, 0.1) is 0 Å². The van der Waals surface area contributed by atoms with E-state index in [0.717, 1.165) is 44.6 Å². The number of hydrogen-bond donors (Lipinski definition) is 1. The summed E-state index contributed by atoms with van der Waals surface area (Å²) in [6.45, 7) is 2.63. The number of nitrogens with two attached hydrogens (primary N) is 1. The summed E-state index contributed by atoms with van der Waals surface area (Å²) in [5.41, 5.74) is 7.99. The van der Waals surface area contributed by atoms with Gasteiger partial charge in [0, 0.05) is 19.6 Å². The second-order valence-corrected chi connectivity index (χ2v) is 5.14. The lowest BCUT2D eigenvalue weighted by molar-refractivity contribution is -0.00622. The molecule has 2 amide bonds. The molecular formula is C14H20N4O. The second kappa shape index (κ2) is 5.09. The van der Waals surface area contributed by atoms with Crippen molar-refractivity contribution in [3.05, 3.63) is 29.8 Å². The van der Waals surface area contributed by atoms with E-state index in [2.05, 4.69) is 17.1 Å². The van der Waals surface area contributed by atoms with Gasteiger partial charge in [0.25, 0.3) is 0 Å². The van der Waals surface area contributed by atoms with Gasteiger partial charge in [-0.05, 0) is 30.9 Å². The third-order valence-corrected chi connectivity index (χ3v) is 3.89. The van der Waals surface area contributed by atoms with Gasteiger partial charge in [0.1, 0.15) is 0 Å². The number of nitrogens with zero attached hydrogens (tertiary/aromatic N) is 3. The summed E-state index contributed by atoms with van der Waals surface area (Å²) in [5.74, 6) is 0. The molecule has 2 N–H and O–H groups in total. The number of para-hydroxylation sites is 1. The van der Waals surface area contributed by atoms with Crippen LogP contribution in [0.25, 0.3) is 0 Å². The highest BCUT2D eigenvalue weighted by molar-refractivity contribution is 5.75. The molecule has 19 heavy (non-hydrogen) atoms. The smallest absolute Gasteiger partial charge is 0.349 e. The second-order valence-electron chi connectivity index (χ2n) is 5.14. The van der Waals surface area contributed by atoms with Crippen molar-refractivity contribution in [3.63, 3.8) is 0 Å². The molecule has 0 radical (unpaired) electrons. The van der Waals surface area contributed by atoms with Crippen LogP contribution in [0.1, 0.15) is 24.8 Å². The first kappa shape index (κ1) is 12.3.